The van der Waals surface area contributed by atoms with Crippen molar-refractivity contribution in [3.8, 4) is 0 Å². The Hall–Kier alpha value is -1.04. The van der Waals surface area contributed by atoms with E-state index in [1.54, 1.807) is 0 Å². The van der Waals surface area contributed by atoms with E-state index in [9.17, 15) is 13.9 Å². The van der Waals surface area contributed by atoms with E-state index in [1.807, 2.05) is 6.92 Å². The number of benzene rings is 1. The fraction of sp³-hybridized carbons (Fsp3) is 0.538. The molecule has 2 unspecified atom stereocenters. The summed E-state index contributed by atoms with van der Waals surface area (Å²) in [7, 11) is 0. The van der Waals surface area contributed by atoms with E-state index >= 15 is 0 Å². The third-order valence-electron chi connectivity index (χ3n) is 2.90. The third-order valence-corrected chi connectivity index (χ3v) is 2.90. The molecule has 3 nitrogen and oxygen atoms in total. The summed E-state index contributed by atoms with van der Waals surface area (Å²) in [6.07, 6.45) is 0.0784. The molecule has 5 heteroatoms. The zero-order valence-electron chi connectivity index (χ0n) is 10.4. The van der Waals surface area contributed by atoms with Gasteiger partial charge in [-0.2, -0.15) is 0 Å². The van der Waals surface area contributed by atoms with Crippen molar-refractivity contribution in [2.75, 3.05) is 13.2 Å². The van der Waals surface area contributed by atoms with Crippen LogP contribution in [0.25, 0.3) is 0 Å². The molecule has 0 aliphatic heterocycles. The van der Waals surface area contributed by atoms with Crippen molar-refractivity contribution < 1.29 is 19.0 Å². The predicted molar refractivity (Wildman–Crippen MR) is 65.1 cm³/mol. The third kappa shape index (κ3) is 4.01. The average Bonchev–Trinajstić information content (AvgIpc) is 2.34. The van der Waals surface area contributed by atoms with Gasteiger partial charge < -0.3 is 15.5 Å². The van der Waals surface area contributed by atoms with Gasteiger partial charge in [0, 0.05) is 19.2 Å². The van der Waals surface area contributed by atoms with Crippen molar-refractivity contribution >= 4 is 0 Å². The van der Waals surface area contributed by atoms with Crippen molar-refractivity contribution in [2.45, 2.75) is 31.9 Å². The van der Waals surface area contributed by atoms with Gasteiger partial charge in [-0.25, -0.2) is 8.78 Å². The van der Waals surface area contributed by atoms with Crippen LogP contribution in [0.15, 0.2) is 18.2 Å². The van der Waals surface area contributed by atoms with E-state index in [0.29, 0.717) is 6.42 Å². The molecule has 0 spiro atoms. The number of rotatable bonds is 7. The molecular formula is C13H19F2NO2. The second-order valence-corrected chi connectivity index (χ2v) is 4.18. The highest BCUT2D eigenvalue weighted by atomic mass is 19.1. The first-order chi connectivity index (χ1) is 8.60. The van der Waals surface area contributed by atoms with Crippen molar-refractivity contribution in [2.24, 2.45) is 0 Å². The maximum Gasteiger partial charge on any atom is 0.131 e. The second kappa shape index (κ2) is 7.41. The van der Waals surface area contributed by atoms with Crippen LogP contribution in [0.3, 0.4) is 0 Å². The summed E-state index contributed by atoms with van der Waals surface area (Å²) in [5.74, 6) is -1.50. The molecule has 0 aliphatic carbocycles. The molecule has 0 fully saturated rings. The Morgan fingerprint density at radius 2 is 1.89 bits per heavy atom. The molecular weight excluding hydrogens is 240 g/mol. The van der Waals surface area contributed by atoms with E-state index in [2.05, 4.69) is 5.32 Å². The number of aliphatic hydroxyl groups is 2. The molecule has 1 aromatic rings. The van der Waals surface area contributed by atoms with Crippen LogP contribution in [-0.2, 0) is 0 Å². The average molecular weight is 259 g/mol. The van der Waals surface area contributed by atoms with Crippen molar-refractivity contribution in [1.82, 2.24) is 5.32 Å². The zero-order chi connectivity index (χ0) is 13.5. The topological polar surface area (TPSA) is 52.5 Å². The highest BCUT2D eigenvalue weighted by Crippen LogP contribution is 2.20. The Bertz CT molecular complexity index is 354. The van der Waals surface area contributed by atoms with Gasteiger partial charge in [-0.15, -0.1) is 0 Å². The van der Waals surface area contributed by atoms with E-state index in [-0.39, 0.29) is 24.8 Å². The van der Waals surface area contributed by atoms with Crippen LogP contribution in [-0.4, -0.2) is 29.4 Å². The zero-order valence-corrected chi connectivity index (χ0v) is 10.4. The fourth-order valence-electron chi connectivity index (χ4n) is 1.82. The first-order valence-corrected chi connectivity index (χ1v) is 6.06. The smallest absolute Gasteiger partial charge is 0.131 e. The van der Waals surface area contributed by atoms with Gasteiger partial charge in [0.15, 0.2) is 0 Å². The molecule has 0 saturated carbocycles. The van der Waals surface area contributed by atoms with Gasteiger partial charge in [-0.3, -0.25) is 0 Å². The molecule has 0 aromatic heterocycles. The van der Waals surface area contributed by atoms with Crippen LogP contribution in [0, 0.1) is 11.6 Å². The molecule has 3 N–H and O–H groups in total. The maximum absolute atomic E-state index is 13.4. The number of nitrogens with one attached hydrogen (secondary N) is 1. The van der Waals surface area contributed by atoms with Gasteiger partial charge in [0.1, 0.15) is 11.6 Å². The van der Waals surface area contributed by atoms with Crippen LogP contribution in [0.1, 0.15) is 31.4 Å². The normalized spacial score (nSPS) is 14.5. The van der Waals surface area contributed by atoms with Crippen LogP contribution >= 0.6 is 0 Å². The van der Waals surface area contributed by atoms with E-state index in [4.69, 9.17) is 5.11 Å². The van der Waals surface area contributed by atoms with Gasteiger partial charge in [0.2, 0.25) is 0 Å². The molecule has 0 radical (unpaired) electrons. The van der Waals surface area contributed by atoms with Gasteiger partial charge in [-0.05, 0) is 25.0 Å². The van der Waals surface area contributed by atoms with Crippen molar-refractivity contribution in [3.63, 3.8) is 0 Å². The molecule has 2 atom stereocenters. The number of halogens is 2. The van der Waals surface area contributed by atoms with Crippen LogP contribution in [0.2, 0.25) is 0 Å². The molecule has 1 aromatic carbocycles. The Morgan fingerprint density at radius 3 is 2.39 bits per heavy atom. The lowest BCUT2D eigenvalue weighted by molar-refractivity contribution is 0.156. The highest BCUT2D eigenvalue weighted by Gasteiger charge is 2.18. The van der Waals surface area contributed by atoms with Crippen LogP contribution in [0.4, 0.5) is 8.78 Å². The Labute approximate surface area is 105 Å². The summed E-state index contributed by atoms with van der Waals surface area (Å²) in [6, 6.07) is 3.52. The number of hydrogen-bond acceptors (Lipinski definition) is 3. The second-order valence-electron chi connectivity index (χ2n) is 4.18. The Kier molecular flexibility index (Phi) is 6.18. The van der Waals surface area contributed by atoms with Gasteiger partial charge in [-0.1, -0.05) is 13.0 Å². The molecule has 0 saturated heterocycles. The lowest BCUT2D eigenvalue weighted by atomic mass is 10.1. The Balaban J connectivity index is 2.62. The summed E-state index contributed by atoms with van der Waals surface area (Å²) in [5.41, 5.74) is -0.316. The summed E-state index contributed by atoms with van der Waals surface area (Å²) in [4.78, 5) is 0. The minimum Gasteiger partial charge on any atom is -0.396 e. The van der Waals surface area contributed by atoms with E-state index in [1.165, 1.54) is 6.07 Å². The molecule has 102 valence electrons. The van der Waals surface area contributed by atoms with Gasteiger partial charge >= 0.3 is 0 Å². The Morgan fingerprint density at radius 1 is 1.28 bits per heavy atom. The predicted octanol–water partition coefficient (Wildman–Crippen LogP) is 1.75. The summed E-state index contributed by atoms with van der Waals surface area (Å²) in [6.45, 7) is 2.02. The molecule has 1 rings (SSSR count). The molecule has 0 heterocycles. The van der Waals surface area contributed by atoms with Crippen molar-refractivity contribution in [3.05, 3.63) is 35.4 Å². The first-order valence-electron chi connectivity index (χ1n) is 6.06. The summed E-state index contributed by atoms with van der Waals surface area (Å²) >= 11 is 0. The van der Waals surface area contributed by atoms with Gasteiger partial charge in [0.25, 0.3) is 0 Å². The van der Waals surface area contributed by atoms with Crippen LogP contribution < -0.4 is 5.32 Å². The summed E-state index contributed by atoms with van der Waals surface area (Å²) < 4.78 is 26.8. The highest BCUT2D eigenvalue weighted by molar-refractivity contribution is 5.22. The molecule has 18 heavy (non-hydrogen) atoms. The first kappa shape index (κ1) is 15.0. The van der Waals surface area contributed by atoms with E-state index < -0.39 is 17.7 Å². The lowest BCUT2D eigenvalue weighted by Gasteiger charge is -2.19. The number of aliphatic hydroxyl groups excluding tert-OH is 2. The van der Waals surface area contributed by atoms with Gasteiger partial charge in [0.05, 0.1) is 11.7 Å². The SMILES string of the molecule is CCC(CCO)NCC(O)c1c(F)cccc1F. The summed E-state index contributed by atoms with van der Waals surface area (Å²) in [5, 5.41) is 21.6. The fourth-order valence-corrected chi connectivity index (χ4v) is 1.82. The quantitative estimate of drug-likeness (QED) is 0.699. The largest absolute Gasteiger partial charge is 0.396 e. The maximum atomic E-state index is 13.4. The van der Waals surface area contributed by atoms with E-state index in [0.717, 1.165) is 18.6 Å². The number of hydrogen-bond donors (Lipinski definition) is 3. The minimum absolute atomic E-state index is 0.0273. The molecule has 0 bridgehead atoms. The van der Waals surface area contributed by atoms with Crippen molar-refractivity contribution in [1.29, 1.82) is 0 Å². The molecule has 0 amide bonds. The lowest BCUT2D eigenvalue weighted by Crippen LogP contribution is -2.33. The molecule has 0 aliphatic rings. The standard InChI is InChI=1S/C13H19F2NO2/c1-2-9(6-7-17)16-8-12(18)13-10(14)4-3-5-11(13)15/h3-5,9,12,16-18H,2,6-8H2,1H3. The minimum atomic E-state index is -1.24. The van der Waals surface area contributed by atoms with Crippen LogP contribution in [0.5, 0.6) is 0 Å². The monoisotopic (exact) mass is 259 g/mol.